The smallest absolute Gasteiger partial charge is 0.268 e. The van der Waals surface area contributed by atoms with Crippen molar-refractivity contribution in [2.24, 2.45) is 5.73 Å². The molecule has 3 atom stereocenters. The van der Waals surface area contributed by atoms with Crippen molar-refractivity contribution in [1.29, 1.82) is 0 Å². The van der Waals surface area contributed by atoms with Crippen LogP contribution in [-0.2, 0) is 4.74 Å². The van der Waals surface area contributed by atoms with Crippen LogP contribution in [0.3, 0.4) is 0 Å². The molecule has 0 bridgehead atoms. The van der Waals surface area contributed by atoms with Gasteiger partial charge in [-0.25, -0.2) is 4.98 Å². The van der Waals surface area contributed by atoms with Crippen molar-refractivity contribution in [2.75, 3.05) is 6.61 Å². The molecule has 16 heavy (non-hydrogen) atoms. The molecule has 1 aliphatic rings. The van der Waals surface area contributed by atoms with E-state index >= 15 is 0 Å². The zero-order valence-corrected chi connectivity index (χ0v) is 9.18. The van der Waals surface area contributed by atoms with Gasteiger partial charge in [-0.2, -0.15) is 0 Å². The van der Waals surface area contributed by atoms with E-state index < -0.39 is 18.1 Å². The second kappa shape index (κ2) is 4.46. The van der Waals surface area contributed by atoms with Gasteiger partial charge in [-0.05, 0) is 0 Å². The Morgan fingerprint density at radius 2 is 2.50 bits per heavy atom. The summed E-state index contributed by atoms with van der Waals surface area (Å²) in [4.78, 5) is 14.8. The monoisotopic (exact) mass is 244 g/mol. The first-order chi connectivity index (χ1) is 7.61. The van der Waals surface area contributed by atoms with E-state index in [0.717, 1.165) is 0 Å². The van der Waals surface area contributed by atoms with Gasteiger partial charge in [0.25, 0.3) is 5.91 Å². The molecule has 0 aromatic carbocycles. The number of hydrogen-bond acceptors (Lipinski definition) is 6. The lowest BCUT2D eigenvalue weighted by Gasteiger charge is -2.10. The van der Waals surface area contributed by atoms with Gasteiger partial charge in [0.15, 0.2) is 0 Å². The number of aliphatic hydroxyl groups is 2. The minimum absolute atomic E-state index is 0.137. The molecular formula is C9H12N2O4S. The number of amides is 1. The third-order valence-corrected chi connectivity index (χ3v) is 3.32. The summed E-state index contributed by atoms with van der Waals surface area (Å²) in [6.07, 6.45) is -1.28. The van der Waals surface area contributed by atoms with Gasteiger partial charge in [0, 0.05) is 11.8 Å². The molecule has 0 radical (unpaired) electrons. The zero-order chi connectivity index (χ0) is 11.7. The maximum atomic E-state index is 10.9. The molecule has 2 heterocycles. The van der Waals surface area contributed by atoms with Crippen LogP contribution in [0.25, 0.3) is 0 Å². The van der Waals surface area contributed by atoms with Crippen LogP contribution in [-0.4, -0.2) is 39.9 Å². The predicted molar refractivity (Wildman–Crippen MR) is 56.0 cm³/mol. The standard InChI is InChI=1S/C9H12N2O4S/c10-8(14)5-3-16-9(11-5)7-6(13)1-4(2-12)15-7/h3-4,6-7,12-13H,1-2H2,(H2,10,14)/t4-,6-,7-/m1/s1. The second-order valence-corrected chi connectivity index (χ2v) is 4.49. The number of carbonyl (C=O) groups excluding carboxylic acids is 1. The third-order valence-electron chi connectivity index (χ3n) is 2.41. The molecule has 6 nitrogen and oxygen atoms in total. The highest BCUT2D eigenvalue weighted by Gasteiger charge is 2.36. The second-order valence-electron chi connectivity index (χ2n) is 3.60. The van der Waals surface area contributed by atoms with Crippen LogP contribution >= 0.6 is 11.3 Å². The summed E-state index contributed by atoms with van der Waals surface area (Å²) in [7, 11) is 0. The molecule has 0 unspecified atom stereocenters. The molecule has 88 valence electrons. The van der Waals surface area contributed by atoms with Gasteiger partial charge in [-0.1, -0.05) is 0 Å². The van der Waals surface area contributed by atoms with E-state index in [4.69, 9.17) is 15.6 Å². The van der Waals surface area contributed by atoms with E-state index in [2.05, 4.69) is 4.98 Å². The van der Waals surface area contributed by atoms with Crippen molar-refractivity contribution in [2.45, 2.75) is 24.7 Å². The predicted octanol–water partition coefficient (Wildman–Crippen LogP) is -0.575. The lowest BCUT2D eigenvalue weighted by molar-refractivity contribution is -0.0109. The maximum absolute atomic E-state index is 10.9. The maximum Gasteiger partial charge on any atom is 0.268 e. The highest BCUT2D eigenvalue weighted by atomic mass is 32.1. The van der Waals surface area contributed by atoms with E-state index in [1.54, 1.807) is 0 Å². The quantitative estimate of drug-likeness (QED) is 0.660. The number of nitrogens with zero attached hydrogens (tertiary/aromatic N) is 1. The highest BCUT2D eigenvalue weighted by molar-refractivity contribution is 7.09. The normalized spacial score (nSPS) is 29.5. The Hall–Kier alpha value is -1.02. The van der Waals surface area contributed by atoms with Crippen molar-refractivity contribution < 1.29 is 19.7 Å². The largest absolute Gasteiger partial charge is 0.394 e. The lowest BCUT2D eigenvalue weighted by Crippen LogP contribution is -2.14. The number of aromatic nitrogens is 1. The highest BCUT2D eigenvalue weighted by Crippen LogP contribution is 2.34. The van der Waals surface area contributed by atoms with E-state index in [-0.39, 0.29) is 18.4 Å². The number of hydrogen-bond donors (Lipinski definition) is 3. The van der Waals surface area contributed by atoms with Crippen molar-refractivity contribution in [1.82, 2.24) is 4.98 Å². The van der Waals surface area contributed by atoms with Crippen LogP contribution in [0.4, 0.5) is 0 Å². The topological polar surface area (TPSA) is 106 Å². The summed E-state index contributed by atoms with van der Waals surface area (Å²) in [5, 5.41) is 20.7. The van der Waals surface area contributed by atoms with Gasteiger partial charge in [0.2, 0.25) is 0 Å². The van der Waals surface area contributed by atoms with E-state index in [1.807, 2.05) is 0 Å². The summed E-state index contributed by atoms with van der Waals surface area (Å²) in [5.74, 6) is -0.603. The molecule has 7 heteroatoms. The third kappa shape index (κ3) is 2.07. The van der Waals surface area contributed by atoms with Crippen LogP contribution in [0, 0.1) is 0 Å². The summed E-state index contributed by atoms with van der Waals surface area (Å²) >= 11 is 1.21. The fraction of sp³-hybridized carbons (Fsp3) is 0.556. The van der Waals surface area contributed by atoms with Crippen LogP contribution in [0.2, 0.25) is 0 Å². The summed E-state index contributed by atoms with van der Waals surface area (Å²) in [6.45, 7) is -0.137. The number of ether oxygens (including phenoxy) is 1. The summed E-state index contributed by atoms with van der Waals surface area (Å²) < 4.78 is 5.40. The van der Waals surface area contributed by atoms with Crippen LogP contribution < -0.4 is 5.73 Å². The Kier molecular flexibility index (Phi) is 3.20. The van der Waals surface area contributed by atoms with E-state index in [0.29, 0.717) is 11.4 Å². The first kappa shape index (κ1) is 11.5. The molecule has 1 amide bonds. The van der Waals surface area contributed by atoms with Crippen LogP contribution in [0.5, 0.6) is 0 Å². The van der Waals surface area contributed by atoms with Crippen molar-refractivity contribution in [3.05, 3.63) is 16.1 Å². The van der Waals surface area contributed by atoms with Gasteiger partial charge >= 0.3 is 0 Å². The Balaban J connectivity index is 2.15. The molecule has 4 N–H and O–H groups in total. The number of aliphatic hydroxyl groups excluding tert-OH is 2. The number of primary amides is 1. The molecule has 0 aliphatic carbocycles. The fourth-order valence-corrected chi connectivity index (χ4v) is 2.52. The average molecular weight is 244 g/mol. The molecule has 0 saturated carbocycles. The number of carbonyl (C=O) groups is 1. The molecule has 0 spiro atoms. The van der Waals surface area contributed by atoms with E-state index in [9.17, 15) is 9.90 Å². The van der Waals surface area contributed by atoms with E-state index in [1.165, 1.54) is 16.7 Å². The van der Waals surface area contributed by atoms with Gasteiger partial charge in [0.05, 0.1) is 18.8 Å². The van der Waals surface area contributed by atoms with Gasteiger partial charge in [-0.3, -0.25) is 4.79 Å². The van der Waals surface area contributed by atoms with Gasteiger partial charge in [-0.15, -0.1) is 11.3 Å². The van der Waals surface area contributed by atoms with Crippen molar-refractivity contribution >= 4 is 17.2 Å². The molecule has 2 rings (SSSR count). The Morgan fingerprint density at radius 1 is 1.75 bits per heavy atom. The number of thiazole rings is 1. The van der Waals surface area contributed by atoms with Crippen LogP contribution in [0.1, 0.15) is 28.0 Å². The average Bonchev–Trinajstić information content (AvgIpc) is 2.83. The summed E-state index contributed by atoms with van der Waals surface area (Å²) in [5.41, 5.74) is 5.25. The van der Waals surface area contributed by atoms with Crippen LogP contribution in [0.15, 0.2) is 5.38 Å². The summed E-state index contributed by atoms with van der Waals surface area (Å²) in [6, 6.07) is 0. The molecule has 1 aromatic heterocycles. The Bertz CT molecular complexity index is 395. The van der Waals surface area contributed by atoms with Gasteiger partial charge < -0.3 is 20.7 Å². The lowest BCUT2D eigenvalue weighted by atomic mass is 10.1. The molecular weight excluding hydrogens is 232 g/mol. The zero-order valence-electron chi connectivity index (χ0n) is 8.37. The van der Waals surface area contributed by atoms with Crippen molar-refractivity contribution in [3.63, 3.8) is 0 Å². The first-order valence-electron chi connectivity index (χ1n) is 4.81. The molecule has 1 fully saturated rings. The Morgan fingerprint density at radius 3 is 3.00 bits per heavy atom. The number of nitrogens with two attached hydrogens (primary N) is 1. The minimum Gasteiger partial charge on any atom is -0.394 e. The SMILES string of the molecule is NC(=O)c1csc([C@@H]2O[C@@H](CO)C[C@H]2O)n1. The fourth-order valence-electron chi connectivity index (χ4n) is 1.62. The molecule has 1 aromatic rings. The Labute approximate surface area is 95.7 Å². The van der Waals surface area contributed by atoms with Gasteiger partial charge in [0.1, 0.15) is 16.8 Å². The van der Waals surface area contributed by atoms with Crippen molar-refractivity contribution in [3.8, 4) is 0 Å². The minimum atomic E-state index is -0.705. The molecule has 1 saturated heterocycles. The molecule has 1 aliphatic heterocycles. The number of rotatable bonds is 3. The first-order valence-corrected chi connectivity index (χ1v) is 5.69.